The highest BCUT2D eigenvalue weighted by molar-refractivity contribution is 5.92. The Bertz CT molecular complexity index is 999. The average molecular weight is 522 g/mol. The van der Waals surface area contributed by atoms with E-state index in [0.717, 1.165) is 61.2 Å². The summed E-state index contributed by atoms with van der Waals surface area (Å²) in [6.07, 6.45) is 8.12. The molecule has 1 N–H and O–H groups in total. The Balaban J connectivity index is 1.59. The molecule has 1 aliphatic heterocycles. The molecule has 38 heavy (non-hydrogen) atoms. The summed E-state index contributed by atoms with van der Waals surface area (Å²) in [5, 5.41) is 3.03. The zero-order valence-corrected chi connectivity index (χ0v) is 23.9. The number of rotatable bonds is 13. The lowest BCUT2D eigenvalue weighted by atomic mass is 9.97. The molecule has 2 aromatic rings. The van der Waals surface area contributed by atoms with Crippen molar-refractivity contribution in [2.75, 3.05) is 38.2 Å². The van der Waals surface area contributed by atoms with Gasteiger partial charge in [-0.3, -0.25) is 9.69 Å². The molecule has 1 atom stereocenters. The molecule has 6 heteroatoms. The smallest absolute Gasteiger partial charge is 0.321 e. The van der Waals surface area contributed by atoms with Crippen LogP contribution in [-0.4, -0.2) is 56.2 Å². The first-order chi connectivity index (χ1) is 18.4. The molecule has 6 nitrogen and oxygen atoms in total. The standard InChI is InChI=1S/C32H47N3O3/c1-5-7-8-9-10-20-33-32(37)34(4)29-13-11-12-28(24-29)27-16-14-26(15-17-27)23-30(38-6-2)31(36)35-21-18-25(3)19-22-35/h11-17,24-25,30H,5-10,18-23H2,1-4H3,(H,33,37). The molecule has 208 valence electrons. The molecular formula is C32H47N3O3. The van der Waals surface area contributed by atoms with Crippen LogP contribution in [0.2, 0.25) is 0 Å². The monoisotopic (exact) mass is 521 g/mol. The van der Waals surface area contributed by atoms with Gasteiger partial charge in [-0.2, -0.15) is 0 Å². The summed E-state index contributed by atoms with van der Waals surface area (Å²) < 4.78 is 5.88. The molecule has 0 spiro atoms. The zero-order valence-electron chi connectivity index (χ0n) is 23.9. The highest BCUT2D eigenvalue weighted by Crippen LogP contribution is 2.26. The fourth-order valence-electron chi connectivity index (χ4n) is 4.95. The van der Waals surface area contributed by atoms with Gasteiger partial charge in [0.2, 0.25) is 0 Å². The first-order valence-electron chi connectivity index (χ1n) is 14.5. The van der Waals surface area contributed by atoms with Crippen LogP contribution in [0.4, 0.5) is 10.5 Å². The maximum absolute atomic E-state index is 13.1. The second kappa shape index (κ2) is 15.5. The van der Waals surface area contributed by atoms with E-state index in [1.165, 1.54) is 19.3 Å². The van der Waals surface area contributed by atoms with Gasteiger partial charge in [0, 0.05) is 45.4 Å². The minimum atomic E-state index is -0.443. The summed E-state index contributed by atoms with van der Waals surface area (Å²) in [4.78, 5) is 29.4. The third-order valence-electron chi connectivity index (χ3n) is 7.54. The third-order valence-corrected chi connectivity index (χ3v) is 7.54. The molecule has 0 bridgehead atoms. The predicted molar refractivity (Wildman–Crippen MR) is 157 cm³/mol. The molecule has 1 heterocycles. The van der Waals surface area contributed by atoms with Crippen molar-refractivity contribution < 1.29 is 14.3 Å². The third kappa shape index (κ3) is 8.87. The van der Waals surface area contributed by atoms with Gasteiger partial charge in [0.25, 0.3) is 5.91 Å². The Morgan fingerprint density at radius 2 is 1.71 bits per heavy atom. The number of unbranched alkanes of at least 4 members (excludes halogenated alkanes) is 4. The Morgan fingerprint density at radius 3 is 2.39 bits per heavy atom. The predicted octanol–water partition coefficient (Wildman–Crippen LogP) is 6.68. The first-order valence-corrected chi connectivity index (χ1v) is 14.5. The lowest BCUT2D eigenvalue weighted by Gasteiger charge is -2.33. The second-order valence-electron chi connectivity index (χ2n) is 10.6. The van der Waals surface area contributed by atoms with Gasteiger partial charge in [0.05, 0.1) is 0 Å². The van der Waals surface area contributed by atoms with Crippen LogP contribution >= 0.6 is 0 Å². The summed E-state index contributed by atoms with van der Waals surface area (Å²) in [6, 6.07) is 16.3. The van der Waals surface area contributed by atoms with Gasteiger partial charge in [0.15, 0.2) is 0 Å². The number of ether oxygens (including phenoxy) is 1. The van der Waals surface area contributed by atoms with E-state index in [9.17, 15) is 9.59 Å². The lowest BCUT2D eigenvalue weighted by Crippen LogP contribution is -2.45. The Kier molecular flexibility index (Phi) is 12.1. The van der Waals surface area contributed by atoms with Crippen molar-refractivity contribution in [3.05, 3.63) is 54.1 Å². The average Bonchev–Trinajstić information content (AvgIpc) is 2.94. The van der Waals surface area contributed by atoms with Crippen LogP contribution in [0.25, 0.3) is 11.1 Å². The number of amides is 3. The number of nitrogens with zero attached hydrogens (tertiary/aromatic N) is 2. The maximum Gasteiger partial charge on any atom is 0.321 e. The summed E-state index contributed by atoms with van der Waals surface area (Å²) in [6.45, 7) is 9.27. The quantitative estimate of drug-likeness (QED) is 0.299. The number of anilines is 1. The van der Waals surface area contributed by atoms with Crippen molar-refractivity contribution in [3.63, 3.8) is 0 Å². The van der Waals surface area contributed by atoms with Crippen molar-refractivity contribution in [2.45, 2.75) is 78.2 Å². The van der Waals surface area contributed by atoms with Crippen LogP contribution in [0.15, 0.2) is 48.5 Å². The largest absolute Gasteiger partial charge is 0.368 e. The SMILES string of the molecule is CCCCCCCNC(=O)N(C)c1cccc(-c2ccc(CC(OCC)C(=O)N3CCC(C)CC3)cc2)c1. The number of hydrogen-bond donors (Lipinski definition) is 1. The highest BCUT2D eigenvalue weighted by atomic mass is 16.5. The van der Waals surface area contributed by atoms with Crippen LogP contribution < -0.4 is 10.2 Å². The number of likely N-dealkylation sites (tertiary alicyclic amines) is 1. The number of nitrogens with one attached hydrogen (secondary N) is 1. The van der Waals surface area contributed by atoms with Crippen LogP contribution in [0, 0.1) is 5.92 Å². The minimum absolute atomic E-state index is 0.0808. The molecule has 3 rings (SSSR count). The molecule has 0 saturated carbocycles. The minimum Gasteiger partial charge on any atom is -0.368 e. The van der Waals surface area contributed by atoms with Crippen molar-refractivity contribution in [3.8, 4) is 11.1 Å². The van der Waals surface area contributed by atoms with Crippen LogP contribution in [-0.2, 0) is 16.0 Å². The van der Waals surface area contributed by atoms with Crippen molar-refractivity contribution in [1.82, 2.24) is 10.2 Å². The lowest BCUT2D eigenvalue weighted by molar-refractivity contribution is -0.144. The van der Waals surface area contributed by atoms with Crippen molar-refractivity contribution >= 4 is 17.6 Å². The van der Waals surface area contributed by atoms with Gasteiger partial charge in [0.1, 0.15) is 6.10 Å². The van der Waals surface area contributed by atoms with E-state index >= 15 is 0 Å². The Labute approximate surface area is 229 Å². The van der Waals surface area contributed by atoms with E-state index in [2.05, 4.69) is 49.5 Å². The molecule has 1 fully saturated rings. The number of benzene rings is 2. The van der Waals surface area contributed by atoms with E-state index in [1.54, 1.807) is 4.90 Å². The molecule has 1 unspecified atom stereocenters. The summed E-state index contributed by atoms with van der Waals surface area (Å²) >= 11 is 0. The number of carbonyl (C=O) groups excluding carboxylic acids is 2. The number of urea groups is 1. The number of carbonyl (C=O) groups is 2. The topological polar surface area (TPSA) is 61.9 Å². The van der Waals surface area contributed by atoms with E-state index in [-0.39, 0.29) is 11.9 Å². The van der Waals surface area contributed by atoms with Gasteiger partial charge < -0.3 is 15.0 Å². The summed E-state index contributed by atoms with van der Waals surface area (Å²) in [5.41, 5.74) is 4.06. The molecular weight excluding hydrogens is 474 g/mol. The highest BCUT2D eigenvalue weighted by Gasteiger charge is 2.27. The van der Waals surface area contributed by atoms with Crippen LogP contribution in [0.1, 0.15) is 71.3 Å². The van der Waals surface area contributed by atoms with Gasteiger partial charge in [-0.25, -0.2) is 4.79 Å². The maximum atomic E-state index is 13.1. The zero-order chi connectivity index (χ0) is 27.3. The summed E-state index contributed by atoms with van der Waals surface area (Å²) in [5.74, 6) is 0.794. The van der Waals surface area contributed by atoms with E-state index in [4.69, 9.17) is 4.74 Å². The van der Waals surface area contributed by atoms with E-state index in [1.807, 2.05) is 37.1 Å². The summed E-state index contributed by atoms with van der Waals surface area (Å²) in [7, 11) is 1.81. The van der Waals surface area contributed by atoms with Crippen molar-refractivity contribution in [2.24, 2.45) is 5.92 Å². The Morgan fingerprint density at radius 1 is 1.00 bits per heavy atom. The van der Waals surface area contributed by atoms with Gasteiger partial charge in [-0.1, -0.05) is 75.9 Å². The molecule has 3 amide bonds. The number of hydrogen-bond acceptors (Lipinski definition) is 3. The molecule has 0 aliphatic carbocycles. The fourth-order valence-corrected chi connectivity index (χ4v) is 4.95. The van der Waals surface area contributed by atoms with E-state index < -0.39 is 6.10 Å². The Hall–Kier alpha value is -2.86. The van der Waals surface area contributed by atoms with Gasteiger partial charge >= 0.3 is 6.03 Å². The van der Waals surface area contributed by atoms with Gasteiger partial charge in [-0.05, 0) is 60.9 Å². The molecule has 0 radical (unpaired) electrons. The molecule has 1 saturated heterocycles. The van der Waals surface area contributed by atoms with Crippen molar-refractivity contribution in [1.29, 1.82) is 0 Å². The van der Waals surface area contributed by atoms with Crippen LogP contribution in [0.3, 0.4) is 0 Å². The first kappa shape index (κ1) is 29.7. The van der Waals surface area contributed by atoms with Gasteiger partial charge in [-0.15, -0.1) is 0 Å². The fraction of sp³-hybridized carbons (Fsp3) is 0.562. The van der Waals surface area contributed by atoms with Crippen LogP contribution in [0.5, 0.6) is 0 Å². The number of piperidine rings is 1. The molecule has 1 aliphatic rings. The molecule has 0 aromatic heterocycles. The molecule has 2 aromatic carbocycles. The normalized spacial score (nSPS) is 14.8. The van der Waals surface area contributed by atoms with E-state index in [0.29, 0.717) is 25.5 Å². The second-order valence-corrected chi connectivity index (χ2v) is 10.6.